The van der Waals surface area contributed by atoms with Crippen molar-refractivity contribution in [2.24, 2.45) is 0 Å². The summed E-state index contributed by atoms with van der Waals surface area (Å²) >= 11 is 0. The highest BCUT2D eigenvalue weighted by atomic mass is 16.5. The maximum absolute atomic E-state index is 11.5. The smallest absolute Gasteiger partial charge is 0.230 e. The summed E-state index contributed by atoms with van der Waals surface area (Å²) in [5, 5.41) is 8.99. The SMILES string of the molecule is CC(=O)CC(=O)N1CCOCC1CO. The van der Waals surface area contributed by atoms with Crippen molar-refractivity contribution in [1.82, 2.24) is 4.90 Å². The van der Waals surface area contributed by atoms with Crippen LogP contribution >= 0.6 is 0 Å². The zero-order valence-corrected chi connectivity index (χ0v) is 8.23. The number of amides is 1. The highest BCUT2D eigenvalue weighted by Gasteiger charge is 2.26. The van der Waals surface area contributed by atoms with Crippen molar-refractivity contribution in [1.29, 1.82) is 0 Å². The molecular formula is C9H15NO4. The summed E-state index contributed by atoms with van der Waals surface area (Å²) in [5.74, 6) is -0.377. The van der Waals surface area contributed by atoms with Crippen LogP contribution in [0.3, 0.4) is 0 Å². The van der Waals surface area contributed by atoms with Gasteiger partial charge in [-0.05, 0) is 6.92 Å². The number of carbonyl (C=O) groups is 2. The third kappa shape index (κ3) is 2.78. The number of hydrogen-bond acceptors (Lipinski definition) is 4. The van der Waals surface area contributed by atoms with E-state index >= 15 is 0 Å². The summed E-state index contributed by atoms with van der Waals surface area (Å²) in [6.45, 7) is 2.54. The molecule has 0 saturated carbocycles. The van der Waals surface area contributed by atoms with Crippen LogP contribution in [0.4, 0.5) is 0 Å². The molecule has 1 unspecified atom stereocenters. The molecule has 1 saturated heterocycles. The molecule has 0 aromatic heterocycles. The molecule has 80 valence electrons. The van der Waals surface area contributed by atoms with Gasteiger partial charge in [-0.2, -0.15) is 0 Å². The topological polar surface area (TPSA) is 66.8 Å². The van der Waals surface area contributed by atoms with Crippen molar-refractivity contribution in [2.75, 3.05) is 26.4 Å². The minimum Gasteiger partial charge on any atom is -0.394 e. The van der Waals surface area contributed by atoms with Crippen molar-refractivity contribution in [3.05, 3.63) is 0 Å². The normalized spacial score (nSPS) is 22.1. The predicted octanol–water partition coefficient (Wildman–Crippen LogP) is -0.815. The van der Waals surface area contributed by atoms with Crippen LogP contribution < -0.4 is 0 Å². The van der Waals surface area contributed by atoms with E-state index in [4.69, 9.17) is 9.84 Å². The fourth-order valence-corrected chi connectivity index (χ4v) is 1.45. The van der Waals surface area contributed by atoms with E-state index in [0.717, 1.165) is 0 Å². The van der Waals surface area contributed by atoms with E-state index < -0.39 is 0 Å². The van der Waals surface area contributed by atoms with Crippen LogP contribution in [0.15, 0.2) is 0 Å². The van der Waals surface area contributed by atoms with Crippen LogP contribution in [-0.2, 0) is 14.3 Å². The van der Waals surface area contributed by atoms with Gasteiger partial charge in [-0.3, -0.25) is 9.59 Å². The molecule has 1 aliphatic rings. The Bertz CT molecular complexity index is 229. The Balaban J connectivity index is 2.54. The van der Waals surface area contributed by atoms with Crippen molar-refractivity contribution in [2.45, 2.75) is 19.4 Å². The Kier molecular flexibility index (Phi) is 4.03. The molecular weight excluding hydrogens is 186 g/mol. The fraction of sp³-hybridized carbons (Fsp3) is 0.778. The number of carbonyl (C=O) groups excluding carboxylic acids is 2. The summed E-state index contributed by atoms with van der Waals surface area (Å²) < 4.78 is 5.12. The second-order valence-corrected chi connectivity index (χ2v) is 3.38. The molecule has 5 nitrogen and oxygen atoms in total. The van der Waals surface area contributed by atoms with Crippen LogP contribution in [0.5, 0.6) is 0 Å². The lowest BCUT2D eigenvalue weighted by Gasteiger charge is -2.34. The average Bonchev–Trinajstić information content (AvgIpc) is 2.16. The van der Waals surface area contributed by atoms with Gasteiger partial charge in [0.05, 0.1) is 32.3 Å². The van der Waals surface area contributed by atoms with E-state index in [1.165, 1.54) is 11.8 Å². The molecule has 0 aliphatic carbocycles. The van der Waals surface area contributed by atoms with Gasteiger partial charge in [0.15, 0.2) is 0 Å². The maximum atomic E-state index is 11.5. The number of nitrogens with zero attached hydrogens (tertiary/aromatic N) is 1. The van der Waals surface area contributed by atoms with E-state index in [1.54, 1.807) is 0 Å². The first kappa shape index (κ1) is 11.1. The molecule has 1 atom stereocenters. The molecule has 0 radical (unpaired) electrons. The van der Waals surface area contributed by atoms with Crippen molar-refractivity contribution in [3.63, 3.8) is 0 Å². The quantitative estimate of drug-likeness (QED) is 0.606. The monoisotopic (exact) mass is 201 g/mol. The van der Waals surface area contributed by atoms with Crippen molar-refractivity contribution >= 4 is 11.7 Å². The van der Waals surface area contributed by atoms with Gasteiger partial charge in [0.25, 0.3) is 0 Å². The Morgan fingerprint density at radius 1 is 1.57 bits per heavy atom. The molecule has 1 fully saturated rings. The van der Waals surface area contributed by atoms with Crippen molar-refractivity contribution < 1.29 is 19.4 Å². The van der Waals surface area contributed by atoms with Gasteiger partial charge in [0, 0.05) is 6.54 Å². The molecule has 0 aromatic rings. The summed E-state index contributed by atoms with van der Waals surface area (Å²) in [5.41, 5.74) is 0. The standard InChI is InChI=1S/C9H15NO4/c1-7(12)4-9(13)10-2-3-14-6-8(10)5-11/h8,11H,2-6H2,1H3. The Morgan fingerprint density at radius 2 is 2.29 bits per heavy atom. The molecule has 1 N–H and O–H groups in total. The van der Waals surface area contributed by atoms with Gasteiger partial charge in [-0.25, -0.2) is 0 Å². The van der Waals surface area contributed by atoms with E-state index in [9.17, 15) is 9.59 Å². The van der Waals surface area contributed by atoms with Gasteiger partial charge in [0.1, 0.15) is 5.78 Å². The third-order valence-corrected chi connectivity index (χ3v) is 2.16. The van der Waals surface area contributed by atoms with E-state index in [0.29, 0.717) is 19.8 Å². The maximum Gasteiger partial charge on any atom is 0.230 e. The Hall–Kier alpha value is -0.940. The number of morpholine rings is 1. The number of ether oxygens (including phenoxy) is 1. The minimum atomic E-state index is -0.296. The van der Waals surface area contributed by atoms with Gasteiger partial charge in [-0.15, -0.1) is 0 Å². The molecule has 0 aromatic carbocycles. The van der Waals surface area contributed by atoms with E-state index in [1.807, 2.05) is 0 Å². The van der Waals surface area contributed by atoms with E-state index in [-0.39, 0.29) is 30.8 Å². The fourth-order valence-electron chi connectivity index (χ4n) is 1.45. The largest absolute Gasteiger partial charge is 0.394 e. The molecule has 1 amide bonds. The molecule has 0 spiro atoms. The zero-order valence-electron chi connectivity index (χ0n) is 8.23. The molecule has 5 heteroatoms. The first-order chi connectivity index (χ1) is 6.65. The summed E-state index contributed by atoms with van der Waals surface area (Å²) in [6, 6.07) is -0.296. The molecule has 1 aliphatic heterocycles. The van der Waals surface area contributed by atoms with Crippen LogP contribution in [0.2, 0.25) is 0 Å². The number of rotatable bonds is 3. The average molecular weight is 201 g/mol. The third-order valence-electron chi connectivity index (χ3n) is 2.16. The van der Waals surface area contributed by atoms with Gasteiger partial charge < -0.3 is 14.7 Å². The molecule has 0 bridgehead atoms. The van der Waals surface area contributed by atoms with Crippen LogP contribution in [0, 0.1) is 0 Å². The second-order valence-electron chi connectivity index (χ2n) is 3.38. The van der Waals surface area contributed by atoms with Gasteiger partial charge in [-0.1, -0.05) is 0 Å². The van der Waals surface area contributed by atoms with Gasteiger partial charge in [0.2, 0.25) is 5.91 Å². The summed E-state index contributed by atoms with van der Waals surface area (Å²) in [6.07, 6.45) is -0.0868. The number of ketones is 1. The van der Waals surface area contributed by atoms with Crippen LogP contribution in [0.25, 0.3) is 0 Å². The lowest BCUT2D eigenvalue weighted by molar-refractivity contribution is -0.143. The van der Waals surface area contributed by atoms with Crippen LogP contribution in [0.1, 0.15) is 13.3 Å². The van der Waals surface area contributed by atoms with Crippen LogP contribution in [-0.4, -0.2) is 54.1 Å². The highest BCUT2D eigenvalue weighted by Crippen LogP contribution is 2.08. The second kappa shape index (κ2) is 5.07. The first-order valence-electron chi connectivity index (χ1n) is 4.62. The number of Topliss-reactive ketones (excluding diaryl/α,β-unsaturated/α-hetero) is 1. The van der Waals surface area contributed by atoms with Crippen molar-refractivity contribution in [3.8, 4) is 0 Å². The first-order valence-corrected chi connectivity index (χ1v) is 4.62. The predicted molar refractivity (Wildman–Crippen MR) is 48.7 cm³/mol. The number of aliphatic hydroxyl groups is 1. The number of hydrogen-bond donors (Lipinski definition) is 1. The molecule has 1 heterocycles. The Morgan fingerprint density at radius 3 is 2.86 bits per heavy atom. The minimum absolute atomic E-state index is 0.0868. The lowest BCUT2D eigenvalue weighted by atomic mass is 10.2. The lowest BCUT2D eigenvalue weighted by Crippen LogP contribution is -2.50. The number of aliphatic hydroxyl groups excluding tert-OH is 1. The summed E-state index contributed by atoms with van der Waals surface area (Å²) in [4.78, 5) is 23.8. The summed E-state index contributed by atoms with van der Waals surface area (Å²) in [7, 11) is 0. The van der Waals surface area contributed by atoms with Gasteiger partial charge >= 0.3 is 0 Å². The Labute approximate surface area is 82.6 Å². The zero-order chi connectivity index (χ0) is 10.6. The van der Waals surface area contributed by atoms with E-state index in [2.05, 4.69) is 0 Å². The molecule has 14 heavy (non-hydrogen) atoms. The molecule has 1 rings (SSSR count). The highest BCUT2D eigenvalue weighted by molar-refractivity contribution is 5.96.